The molecule has 0 radical (unpaired) electrons. The summed E-state index contributed by atoms with van der Waals surface area (Å²) >= 11 is 0. The Hall–Kier alpha value is -3.35. The van der Waals surface area contributed by atoms with Crippen LogP contribution in [0.1, 0.15) is 42.1 Å². The van der Waals surface area contributed by atoms with E-state index in [-0.39, 0.29) is 6.42 Å². The fourth-order valence-electron chi connectivity index (χ4n) is 3.92. The van der Waals surface area contributed by atoms with Gasteiger partial charge in [-0.15, -0.1) is 0 Å². The molecule has 0 unspecified atom stereocenters. The quantitative estimate of drug-likeness (QED) is 0.744. The van der Waals surface area contributed by atoms with E-state index in [0.29, 0.717) is 11.3 Å². The summed E-state index contributed by atoms with van der Waals surface area (Å²) in [7, 11) is 0. The van der Waals surface area contributed by atoms with E-state index in [0.717, 1.165) is 24.3 Å². The third kappa shape index (κ3) is 4.87. The largest absolute Gasteiger partial charge is 0.450 e. The van der Waals surface area contributed by atoms with Crippen molar-refractivity contribution in [3.63, 3.8) is 0 Å². The van der Waals surface area contributed by atoms with Crippen molar-refractivity contribution in [2.45, 2.75) is 44.8 Å². The van der Waals surface area contributed by atoms with Crippen molar-refractivity contribution in [2.75, 3.05) is 23.3 Å². The fourth-order valence-corrected chi connectivity index (χ4v) is 3.92. The van der Waals surface area contributed by atoms with Crippen LogP contribution in [0.5, 0.6) is 0 Å². The van der Waals surface area contributed by atoms with Gasteiger partial charge in [-0.1, -0.05) is 18.2 Å². The molecule has 0 aromatic heterocycles. The van der Waals surface area contributed by atoms with Crippen LogP contribution in [0.4, 0.5) is 11.4 Å². The molecule has 0 bridgehead atoms. The van der Waals surface area contributed by atoms with Gasteiger partial charge in [0.25, 0.3) is 5.91 Å². The van der Waals surface area contributed by atoms with E-state index in [1.807, 2.05) is 24.3 Å². The number of nitrogens with one attached hydrogen (secondary N) is 1. The number of piperidine rings is 1. The Bertz CT molecular complexity index is 966. The van der Waals surface area contributed by atoms with Crippen molar-refractivity contribution < 1.29 is 23.9 Å². The summed E-state index contributed by atoms with van der Waals surface area (Å²) in [6.45, 7) is 3.59. The summed E-state index contributed by atoms with van der Waals surface area (Å²) in [6.07, 6.45) is 1.82. The van der Waals surface area contributed by atoms with E-state index in [9.17, 15) is 14.4 Å². The number of cyclic esters (lactones) is 1. The molecule has 31 heavy (non-hydrogen) atoms. The van der Waals surface area contributed by atoms with Crippen molar-refractivity contribution in [1.29, 1.82) is 0 Å². The molecule has 1 amide bonds. The first-order valence-corrected chi connectivity index (χ1v) is 10.7. The first-order valence-electron chi connectivity index (χ1n) is 10.7. The predicted molar refractivity (Wildman–Crippen MR) is 116 cm³/mol. The number of esters is 2. The lowest BCUT2D eigenvalue weighted by Crippen LogP contribution is -2.39. The zero-order valence-electron chi connectivity index (χ0n) is 17.5. The number of carbonyl (C=O) groups excluding carboxylic acids is 3. The predicted octanol–water partition coefficient (Wildman–Crippen LogP) is 3.33. The SMILES string of the molecule is C[C@H](OC(=O)[C@@H]1Cc2ccccc2C(=O)O1)C(=O)Nc1ccc(N2CCCCC2)cc1. The summed E-state index contributed by atoms with van der Waals surface area (Å²) in [4.78, 5) is 39.4. The van der Waals surface area contributed by atoms with Gasteiger partial charge in [0.1, 0.15) is 0 Å². The van der Waals surface area contributed by atoms with Gasteiger partial charge in [-0.05, 0) is 62.1 Å². The zero-order valence-corrected chi connectivity index (χ0v) is 17.5. The molecule has 1 saturated heterocycles. The van der Waals surface area contributed by atoms with Gasteiger partial charge in [-0.2, -0.15) is 0 Å². The molecule has 2 aromatic carbocycles. The number of rotatable bonds is 5. The lowest BCUT2D eigenvalue weighted by Gasteiger charge is -2.28. The van der Waals surface area contributed by atoms with Gasteiger partial charge in [0.2, 0.25) is 6.10 Å². The minimum atomic E-state index is -1.05. The molecule has 2 heterocycles. The smallest absolute Gasteiger partial charge is 0.348 e. The van der Waals surface area contributed by atoms with Gasteiger partial charge in [0.15, 0.2) is 6.10 Å². The molecule has 2 aromatic rings. The number of hydrogen-bond acceptors (Lipinski definition) is 6. The molecule has 7 nitrogen and oxygen atoms in total. The van der Waals surface area contributed by atoms with Gasteiger partial charge in [-0.3, -0.25) is 4.79 Å². The first-order chi connectivity index (χ1) is 15.0. The normalized spacial score (nSPS) is 19.1. The van der Waals surface area contributed by atoms with Crippen LogP contribution >= 0.6 is 0 Å². The molecule has 2 aliphatic heterocycles. The minimum absolute atomic E-state index is 0.229. The summed E-state index contributed by atoms with van der Waals surface area (Å²) in [6, 6.07) is 14.6. The van der Waals surface area contributed by atoms with E-state index >= 15 is 0 Å². The number of carbonyl (C=O) groups is 3. The van der Waals surface area contributed by atoms with Gasteiger partial charge >= 0.3 is 11.9 Å². The topological polar surface area (TPSA) is 84.9 Å². The van der Waals surface area contributed by atoms with Crippen molar-refractivity contribution in [3.8, 4) is 0 Å². The Labute approximate surface area is 181 Å². The second kappa shape index (κ2) is 9.20. The van der Waals surface area contributed by atoms with E-state index in [4.69, 9.17) is 9.47 Å². The van der Waals surface area contributed by atoms with Crippen molar-refractivity contribution in [3.05, 3.63) is 59.7 Å². The molecule has 0 saturated carbocycles. The van der Waals surface area contributed by atoms with Crippen molar-refractivity contribution in [1.82, 2.24) is 0 Å². The lowest BCUT2D eigenvalue weighted by molar-refractivity contribution is -0.162. The van der Waals surface area contributed by atoms with Gasteiger partial charge in [-0.25, -0.2) is 9.59 Å². The van der Waals surface area contributed by atoms with Crippen LogP contribution in [0.3, 0.4) is 0 Å². The average Bonchev–Trinajstić information content (AvgIpc) is 2.80. The van der Waals surface area contributed by atoms with E-state index < -0.39 is 30.1 Å². The van der Waals surface area contributed by atoms with Gasteiger partial charge in [0, 0.05) is 30.9 Å². The summed E-state index contributed by atoms with van der Waals surface area (Å²) in [5.41, 5.74) is 2.94. The van der Waals surface area contributed by atoms with Crippen LogP contribution in [-0.2, 0) is 25.5 Å². The number of amides is 1. The van der Waals surface area contributed by atoms with E-state index in [2.05, 4.69) is 10.2 Å². The molecular weight excluding hydrogens is 396 g/mol. The molecule has 0 aliphatic carbocycles. The summed E-state index contributed by atoms with van der Waals surface area (Å²) in [5.74, 6) is -1.73. The second-order valence-corrected chi connectivity index (χ2v) is 7.92. The standard InChI is InChI=1S/C24H26N2O5/c1-16(30-24(29)21-15-17-7-3-4-8-20(17)23(28)31-21)22(27)25-18-9-11-19(12-10-18)26-13-5-2-6-14-26/h3-4,7-12,16,21H,2,5-6,13-15H2,1H3,(H,25,27)/t16-,21-/m0/s1. The molecule has 1 N–H and O–H groups in total. The Kier molecular flexibility index (Phi) is 6.21. The highest BCUT2D eigenvalue weighted by Gasteiger charge is 2.33. The maximum atomic E-state index is 12.5. The van der Waals surface area contributed by atoms with Crippen LogP contribution in [0.15, 0.2) is 48.5 Å². The number of nitrogens with zero attached hydrogens (tertiary/aromatic N) is 1. The van der Waals surface area contributed by atoms with Gasteiger partial charge in [0.05, 0.1) is 5.56 Å². The lowest BCUT2D eigenvalue weighted by atomic mass is 9.99. The van der Waals surface area contributed by atoms with E-state index in [1.54, 1.807) is 24.3 Å². The molecule has 7 heteroatoms. The molecular formula is C24H26N2O5. The molecule has 2 atom stereocenters. The Morgan fingerprint density at radius 3 is 2.52 bits per heavy atom. The van der Waals surface area contributed by atoms with E-state index in [1.165, 1.54) is 26.2 Å². The van der Waals surface area contributed by atoms with Crippen LogP contribution < -0.4 is 10.2 Å². The first kappa shape index (κ1) is 20.9. The third-order valence-electron chi connectivity index (χ3n) is 5.67. The number of anilines is 2. The third-order valence-corrected chi connectivity index (χ3v) is 5.67. The maximum absolute atomic E-state index is 12.5. The van der Waals surface area contributed by atoms with Gasteiger partial charge < -0.3 is 19.7 Å². The highest BCUT2D eigenvalue weighted by molar-refractivity contribution is 5.97. The summed E-state index contributed by atoms with van der Waals surface area (Å²) in [5, 5.41) is 2.76. The Morgan fingerprint density at radius 2 is 1.77 bits per heavy atom. The Morgan fingerprint density at radius 1 is 1.06 bits per heavy atom. The maximum Gasteiger partial charge on any atom is 0.348 e. The summed E-state index contributed by atoms with van der Waals surface area (Å²) < 4.78 is 10.5. The average molecular weight is 422 g/mol. The molecule has 0 spiro atoms. The number of benzene rings is 2. The highest BCUT2D eigenvalue weighted by atomic mass is 16.6. The molecule has 1 fully saturated rings. The van der Waals surface area contributed by atoms with Crippen molar-refractivity contribution >= 4 is 29.2 Å². The molecule has 4 rings (SSSR count). The number of ether oxygens (including phenoxy) is 2. The van der Waals surface area contributed by atoms with Crippen LogP contribution in [-0.4, -0.2) is 43.1 Å². The van der Waals surface area contributed by atoms with Crippen molar-refractivity contribution in [2.24, 2.45) is 0 Å². The number of hydrogen-bond donors (Lipinski definition) is 1. The zero-order chi connectivity index (χ0) is 21.8. The van der Waals surface area contributed by atoms with Crippen LogP contribution in [0.25, 0.3) is 0 Å². The van der Waals surface area contributed by atoms with Crippen LogP contribution in [0.2, 0.25) is 0 Å². The monoisotopic (exact) mass is 422 g/mol. The van der Waals surface area contributed by atoms with Crippen LogP contribution in [0, 0.1) is 0 Å². The Balaban J connectivity index is 1.31. The fraction of sp³-hybridized carbons (Fsp3) is 0.375. The number of fused-ring (bicyclic) bond motifs is 1. The molecule has 2 aliphatic rings. The second-order valence-electron chi connectivity index (χ2n) is 7.92. The highest BCUT2D eigenvalue weighted by Crippen LogP contribution is 2.23. The molecule has 162 valence electrons. The minimum Gasteiger partial charge on any atom is -0.450 e.